The molecule has 2 aromatic rings. The van der Waals surface area contributed by atoms with Crippen molar-refractivity contribution in [2.45, 2.75) is 109 Å². The van der Waals surface area contributed by atoms with Gasteiger partial charge in [-0.05, 0) is 49.1 Å². The quantitative estimate of drug-likeness (QED) is 0.230. The maximum atomic E-state index is 15.2. The Morgan fingerprint density at radius 3 is 2.12 bits per heavy atom. The number of aliphatic hydroxyl groups excluding tert-OH is 1. The molecule has 1 heterocycles. The van der Waals surface area contributed by atoms with Crippen LogP contribution in [0, 0.1) is 16.7 Å². The number of Topliss-reactive ketones (excluding diaryl/α,β-unsaturated/α-hetero) is 1. The SMILES string of the molecule is CC(=O)O[C@H]1C(=O)[C@@]2(C)C([C@H](OC(=O)c3ccccc3)[C@]3(O)C[C@H](OC(=O)CCc4ccccc4)C(C)=C1C3(C)C)[C@]1(OC(C)=O)COC1C[C@@H]2O. The Kier molecular flexibility index (Phi) is 9.73. The van der Waals surface area contributed by atoms with E-state index in [1.165, 1.54) is 26.0 Å². The molecule has 278 valence electrons. The average Bonchev–Trinajstić information content (AvgIpc) is 3.09. The highest BCUT2D eigenvalue weighted by atomic mass is 16.6. The maximum absolute atomic E-state index is 15.2. The van der Waals surface area contributed by atoms with Gasteiger partial charge in [-0.2, -0.15) is 0 Å². The molecule has 2 aromatic carbocycles. The Balaban J connectivity index is 1.56. The van der Waals surface area contributed by atoms with Crippen LogP contribution in [-0.2, 0) is 49.3 Å². The van der Waals surface area contributed by atoms with Crippen LogP contribution in [-0.4, -0.2) is 88.2 Å². The number of benzene rings is 2. The Morgan fingerprint density at radius 1 is 0.904 bits per heavy atom. The van der Waals surface area contributed by atoms with E-state index < -0.39 is 88.1 Å². The van der Waals surface area contributed by atoms with E-state index in [0.717, 1.165) is 12.5 Å². The van der Waals surface area contributed by atoms with E-state index in [9.17, 15) is 29.4 Å². The minimum atomic E-state index is -2.19. The number of carbonyl (C=O) groups is 5. The van der Waals surface area contributed by atoms with E-state index in [0.29, 0.717) is 12.0 Å². The summed E-state index contributed by atoms with van der Waals surface area (Å²) in [6.45, 7) is 8.49. The lowest BCUT2D eigenvalue weighted by atomic mass is 9.44. The molecule has 12 heteroatoms. The molecule has 12 nitrogen and oxygen atoms in total. The number of ether oxygens (including phenoxy) is 5. The van der Waals surface area contributed by atoms with Gasteiger partial charge in [0.15, 0.2) is 17.5 Å². The smallest absolute Gasteiger partial charge is 0.338 e. The minimum Gasteiger partial charge on any atom is -0.458 e. The first-order valence-electron chi connectivity index (χ1n) is 17.6. The monoisotopic (exact) mass is 718 g/mol. The van der Waals surface area contributed by atoms with Gasteiger partial charge in [-0.25, -0.2) is 4.79 Å². The van der Waals surface area contributed by atoms with Crippen molar-refractivity contribution in [2.75, 3.05) is 6.61 Å². The molecule has 2 saturated carbocycles. The largest absolute Gasteiger partial charge is 0.458 e. The first-order chi connectivity index (χ1) is 24.5. The first-order valence-corrected chi connectivity index (χ1v) is 17.6. The molecule has 3 fully saturated rings. The Morgan fingerprint density at radius 2 is 1.54 bits per heavy atom. The summed E-state index contributed by atoms with van der Waals surface area (Å²) >= 11 is 0. The summed E-state index contributed by atoms with van der Waals surface area (Å²) in [6, 6.07) is 17.4. The summed E-state index contributed by atoms with van der Waals surface area (Å²) in [6.07, 6.45) is -6.96. The lowest BCUT2D eigenvalue weighted by Gasteiger charge is -2.67. The maximum Gasteiger partial charge on any atom is 0.338 e. The first kappa shape index (κ1) is 37.4. The van der Waals surface area contributed by atoms with Crippen LogP contribution in [0.4, 0.5) is 0 Å². The van der Waals surface area contributed by atoms with Gasteiger partial charge < -0.3 is 33.9 Å². The fourth-order valence-electron chi connectivity index (χ4n) is 9.13. The lowest BCUT2D eigenvalue weighted by molar-refractivity contribution is -0.346. The van der Waals surface area contributed by atoms with Crippen molar-refractivity contribution >= 4 is 29.7 Å². The highest BCUT2D eigenvalue weighted by Crippen LogP contribution is 2.64. The van der Waals surface area contributed by atoms with E-state index >= 15 is 4.79 Å². The van der Waals surface area contributed by atoms with Gasteiger partial charge in [0.1, 0.15) is 23.9 Å². The molecule has 2 bridgehead atoms. The van der Waals surface area contributed by atoms with E-state index in [-0.39, 0.29) is 37.0 Å². The predicted molar refractivity (Wildman–Crippen MR) is 183 cm³/mol. The second-order valence-electron chi connectivity index (χ2n) is 15.2. The predicted octanol–water partition coefficient (Wildman–Crippen LogP) is 3.84. The highest BCUT2D eigenvalue weighted by Gasteiger charge is 2.78. The van der Waals surface area contributed by atoms with Crippen LogP contribution in [0.25, 0.3) is 0 Å². The van der Waals surface area contributed by atoms with Gasteiger partial charge in [0.2, 0.25) is 0 Å². The summed E-state index contributed by atoms with van der Waals surface area (Å²) in [5.74, 6) is -5.13. The molecule has 0 spiro atoms. The zero-order chi connectivity index (χ0) is 37.8. The molecule has 6 rings (SSSR count). The third kappa shape index (κ3) is 5.94. The highest BCUT2D eigenvalue weighted by molar-refractivity contribution is 5.95. The zero-order valence-electron chi connectivity index (χ0n) is 30.3. The minimum absolute atomic E-state index is 0.00510. The number of carbonyl (C=O) groups excluding carboxylic acids is 5. The van der Waals surface area contributed by atoms with Gasteiger partial charge in [-0.15, -0.1) is 0 Å². The third-order valence-corrected chi connectivity index (χ3v) is 11.9. The van der Waals surface area contributed by atoms with Crippen LogP contribution >= 0.6 is 0 Å². The van der Waals surface area contributed by atoms with Crippen LogP contribution < -0.4 is 0 Å². The van der Waals surface area contributed by atoms with Crippen molar-refractivity contribution in [1.29, 1.82) is 0 Å². The molecule has 2 N–H and O–H groups in total. The molecule has 9 atom stereocenters. The van der Waals surface area contributed by atoms with Crippen molar-refractivity contribution in [2.24, 2.45) is 16.7 Å². The molecule has 1 saturated heterocycles. The Hall–Kier alpha value is -4.39. The fraction of sp³-hybridized carbons (Fsp3) is 0.525. The number of hydrogen-bond acceptors (Lipinski definition) is 12. The van der Waals surface area contributed by atoms with Crippen molar-refractivity contribution in [3.05, 3.63) is 82.9 Å². The number of esters is 4. The van der Waals surface area contributed by atoms with Crippen molar-refractivity contribution in [1.82, 2.24) is 0 Å². The summed E-state index contributed by atoms with van der Waals surface area (Å²) in [4.78, 5) is 68.4. The van der Waals surface area contributed by atoms with Crippen LogP contribution in [0.5, 0.6) is 0 Å². The second-order valence-corrected chi connectivity index (χ2v) is 15.2. The van der Waals surface area contributed by atoms with Crippen molar-refractivity contribution < 1.29 is 57.9 Å². The van der Waals surface area contributed by atoms with Gasteiger partial charge in [0, 0.05) is 38.5 Å². The van der Waals surface area contributed by atoms with Gasteiger partial charge in [0.25, 0.3) is 0 Å². The summed E-state index contributed by atoms with van der Waals surface area (Å²) in [5.41, 5.74) is -5.70. The van der Waals surface area contributed by atoms with Gasteiger partial charge in [-0.3, -0.25) is 19.2 Å². The second kappa shape index (κ2) is 13.5. The summed E-state index contributed by atoms with van der Waals surface area (Å²) in [7, 11) is 0. The van der Waals surface area contributed by atoms with E-state index in [2.05, 4.69) is 0 Å². The average molecular weight is 719 g/mol. The number of aryl methyl sites for hydroxylation is 1. The number of hydrogen-bond donors (Lipinski definition) is 2. The molecule has 0 amide bonds. The third-order valence-electron chi connectivity index (χ3n) is 11.9. The van der Waals surface area contributed by atoms with E-state index in [1.807, 2.05) is 30.3 Å². The number of aliphatic hydroxyl groups is 2. The van der Waals surface area contributed by atoms with Gasteiger partial charge in [-0.1, -0.05) is 62.4 Å². The van der Waals surface area contributed by atoms with Gasteiger partial charge in [0.05, 0.1) is 29.6 Å². The van der Waals surface area contributed by atoms with Crippen molar-refractivity contribution in [3.63, 3.8) is 0 Å². The number of rotatable bonds is 8. The molecule has 4 aliphatic rings. The molecule has 0 aromatic heterocycles. The topological polar surface area (TPSA) is 172 Å². The van der Waals surface area contributed by atoms with Crippen LogP contribution in [0.15, 0.2) is 71.8 Å². The van der Waals surface area contributed by atoms with Crippen LogP contribution in [0.2, 0.25) is 0 Å². The Bertz CT molecular complexity index is 1790. The Labute approximate surface area is 302 Å². The number of ketones is 1. The summed E-state index contributed by atoms with van der Waals surface area (Å²) < 4.78 is 30.1. The molecule has 1 aliphatic heterocycles. The van der Waals surface area contributed by atoms with Crippen LogP contribution in [0.1, 0.15) is 76.7 Å². The standard InChI is InChI=1S/C40H46O12/c1-22-27(50-30(44)18-17-25-13-9-7-10-14-25)20-40(47)35(51-36(46)26-15-11-8-12-16-26)33-38(6,28(43)19-29-39(33,21-48-29)52-24(3)42)34(45)32(49-23(2)41)31(22)37(40,4)5/h7-16,27-29,32-33,35,43,47H,17-21H2,1-6H3/t27-,28-,29?,32+,33?,35-,38+,39-,40+/m0/s1. The van der Waals surface area contributed by atoms with Crippen LogP contribution in [0.3, 0.4) is 0 Å². The van der Waals surface area contributed by atoms with E-state index in [1.54, 1.807) is 39.0 Å². The van der Waals surface area contributed by atoms with Gasteiger partial charge >= 0.3 is 23.9 Å². The zero-order valence-corrected chi connectivity index (χ0v) is 30.3. The molecule has 2 unspecified atom stereocenters. The molecule has 0 radical (unpaired) electrons. The normalized spacial score (nSPS) is 34.7. The lowest BCUT2D eigenvalue weighted by Crippen LogP contribution is -2.82. The molecular weight excluding hydrogens is 672 g/mol. The molecule has 52 heavy (non-hydrogen) atoms. The molecular formula is C40H46O12. The fourth-order valence-corrected chi connectivity index (χ4v) is 9.13. The molecule has 3 aliphatic carbocycles. The summed E-state index contributed by atoms with van der Waals surface area (Å²) in [5, 5.41) is 25.4. The van der Waals surface area contributed by atoms with E-state index in [4.69, 9.17) is 23.7 Å². The van der Waals surface area contributed by atoms with Crippen molar-refractivity contribution in [3.8, 4) is 0 Å². The number of fused-ring (bicyclic) bond motifs is 5.